The van der Waals surface area contributed by atoms with Gasteiger partial charge in [0.25, 0.3) is 5.89 Å². The number of nitrogens with zero attached hydrogens (tertiary/aromatic N) is 3. The molecule has 4 aromatic heterocycles. The van der Waals surface area contributed by atoms with Crippen molar-refractivity contribution in [3.05, 3.63) is 76.4 Å². The number of carbonyl (C=O) groups excluding carboxylic acids is 1. The lowest BCUT2D eigenvalue weighted by atomic mass is 10.3. The summed E-state index contributed by atoms with van der Waals surface area (Å²) in [5, 5.41) is 5.98. The van der Waals surface area contributed by atoms with Gasteiger partial charge in [0.1, 0.15) is 18.1 Å². The molecule has 0 atom stereocenters. The molecule has 0 saturated heterocycles. The van der Waals surface area contributed by atoms with Gasteiger partial charge in [0.05, 0.1) is 30.5 Å². The fourth-order valence-corrected chi connectivity index (χ4v) is 3.19. The Morgan fingerprint density at radius 3 is 2.33 bits per heavy atom. The van der Waals surface area contributed by atoms with Gasteiger partial charge in [-0.2, -0.15) is 4.68 Å². The standard InChI is InChI=1S/C18H15N3O5S/c22-16(12-21-18(23)26-17(19-21)15-6-3-9-27-15)20(10-13-4-1-7-24-13)11-14-5-2-8-25-14/h1-9H,10-12H2. The van der Waals surface area contributed by atoms with Crippen molar-refractivity contribution < 1.29 is 18.0 Å². The molecule has 4 aromatic rings. The van der Waals surface area contributed by atoms with E-state index in [0.717, 1.165) is 9.56 Å². The van der Waals surface area contributed by atoms with E-state index in [1.807, 2.05) is 11.4 Å². The predicted octanol–water partition coefficient (Wildman–Crippen LogP) is 2.98. The van der Waals surface area contributed by atoms with Crippen LogP contribution in [0.4, 0.5) is 0 Å². The third-order valence-electron chi connectivity index (χ3n) is 3.83. The van der Waals surface area contributed by atoms with E-state index in [1.165, 1.54) is 16.2 Å². The molecule has 8 nitrogen and oxygen atoms in total. The van der Waals surface area contributed by atoms with Gasteiger partial charge in [-0.3, -0.25) is 4.79 Å². The molecule has 0 aromatic carbocycles. The second-order valence-electron chi connectivity index (χ2n) is 5.72. The summed E-state index contributed by atoms with van der Waals surface area (Å²) in [5.41, 5.74) is 0. The van der Waals surface area contributed by atoms with Crippen LogP contribution in [-0.2, 0) is 24.4 Å². The largest absolute Gasteiger partial charge is 0.467 e. The summed E-state index contributed by atoms with van der Waals surface area (Å²) in [6.45, 7) is 0.253. The number of aromatic nitrogens is 2. The van der Waals surface area contributed by atoms with Crippen LogP contribution in [-0.4, -0.2) is 20.6 Å². The minimum atomic E-state index is -0.678. The minimum absolute atomic E-state index is 0.200. The van der Waals surface area contributed by atoms with E-state index in [1.54, 1.807) is 42.9 Å². The van der Waals surface area contributed by atoms with Gasteiger partial charge < -0.3 is 18.2 Å². The highest BCUT2D eigenvalue weighted by Gasteiger charge is 2.20. The summed E-state index contributed by atoms with van der Waals surface area (Å²) in [7, 11) is 0. The fourth-order valence-electron chi connectivity index (χ4n) is 2.55. The molecule has 0 aliphatic carbocycles. The molecule has 0 spiro atoms. The van der Waals surface area contributed by atoms with Gasteiger partial charge in [-0.05, 0) is 35.7 Å². The third kappa shape index (κ3) is 3.93. The first-order valence-corrected chi connectivity index (χ1v) is 9.01. The molecule has 0 saturated carbocycles. The Morgan fingerprint density at radius 2 is 1.78 bits per heavy atom. The van der Waals surface area contributed by atoms with E-state index in [-0.39, 0.29) is 31.4 Å². The zero-order chi connectivity index (χ0) is 18.6. The highest BCUT2D eigenvalue weighted by molar-refractivity contribution is 7.13. The first kappa shape index (κ1) is 17.1. The average Bonchev–Trinajstić information content (AvgIpc) is 3.44. The summed E-state index contributed by atoms with van der Waals surface area (Å²) in [4.78, 5) is 27.1. The zero-order valence-electron chi connectivity index (χ0n) is 14.1. The first-order chi connectivity index (χ1) is 13.2. The Labute approximate surface area is 157 Å². The van der Waals surface area contributed by atoms with Crippen molar-refractivity contribution >= 4 is 17.2 Å². The summed E-state index contributed by atoms with van der Waals surface area (Å²) in [6.07, 6.45) is 3.08. The molecule has 0 unspecified atom stereocenters. The van der Waals surface area contributed by atoms with Crippen LogP contribution < -0.4 is 5.76 Å². The van der Waals surface area contributed by atoms with E-state index >= 15 is 0 Å². The summed E-state index contributed by atoms with van der Waals surface area (Å²) in [6, 6.07) is 10.7. The number of furan rings is 2. The highest BCUT2D eigenvalue weighted by Crippen LogP contribution is 2.21. The maximum atomic E-state index is 12.8. The molecule has 0 aliphatic rings. The van der Waals surface area contributed by atoms with Crippen molar-refractivity contribution in [2.75, 3.05) is 0 Å². The minimum Gasteiger partial charge on any atom is -0.467 e. The molecular weight excluding hydrogens is 370 g/mol. The summed E-state index contributed by atoms with van der Waals surface area (Å²) < 4.78 is 16.8. The molecule has 9 heteroatoms. The van der Waals surface area contributed by atoms with Gasteiger partial charge in [0.2, 0.25) is 5.91 Å². The molecule has 0 N–H and O–H groups in total. The quantitative estimate of drug-likeness (QED) is 0.485. The van der Waals surface area contributed by atoms with Gasteiger partial charge in [0.15, 0.2) is 0 Å². The molecule has 27 heavy (non-hydrogen) atoms. The van der Waals surface area contributed by atoms with Crippen molar-refractivity contribution in [1.29, 1.82) is 0 Å². The van der Waals surface area contributed by atoms with E-state index < -0.39 is 5.76 Å². The SMILES string of the molecule is O=C(Cn1nc(-c2cccs2)oc1=O)N(Cc1ccco1)Cc1ccco1. The van der Waals surface area contributed by atoms with Crippen molar-refractivity contribution in [2.45, 2.75) is 19.6 Å². The second-order valence-corrected chi connectivity index (χ2v) is 6.66. The molecule has 138 valence electrons. The Morgan fingerprint density at radius 1 is 1.07 bits per heavy atom. The van der Waals surface area contributed by atoms with E-state index in [9.17, 15) is 9.59 Å². The number of amides is 1. The van der Waals surface area contributed by atoms with Gasteiger partial charge >= 0.3 is 5.76 Å². The summed E-state index contributed by atoms with van der Waals surface area (Å²) in [5.74, 6) is 0.466. The van der Waals surface area contributed by atoms with Crippen LogP contribution in [0.1, 0.15) is 11.5 Å². The predicted molar refractivity (Wildman–Crippen MR) is 95.7 cm³/mol. The Hall–Kier alpha value is -3.33. The smallest absolute Gasteiger partial charge is 0.437 e. The number of thiophene rings is 1. The highest BCUT2D eigenvalue weighted by atomic mass is 32.1. The Balaban J connectivity index is 1.53. The van der Waals surface area contributed by atoms with Crippen LogP contribution in [0.3, 0.4) is 0 Å². The maximum Gasteiger partial charge on any atom is 0.437 e. The van der Waals surface area contributed by atoms with Crippen LogP contribution in [0.5, 0.6) is 0 Å². The molecule has 1 amide bonds. The van der Waals surface area contributed by atoms with Crippen molar-refractivity contribution in [1.82, 2.24) is 14.7 Å². The number of carbonyl (C=O) groups is 1. The molecule has 0 fully saturated rings. The number of hydrogen-bond donors (Lipinski definition) is 0. The van der Waals surface area contributed by atoms with Crippen molar-refractivity contribution in [2.24, 2.45) is 0 Å². The lowest BCUT2D eigenvalue weighted by molar-refractivity contribution is -0.134. The summed E-state index contributed by atoms with van der Waals surface area (Å²) >= 11 is 1.40. The van der Waals surface area contributed by atoms with Crippen LogP contribution in [0.15, 0.2) is 72.4 Å². The van der Waals surface area contributed by atoms with Crippen LogP contribution in [0.25, 0.3) is 10.8 Å². The Kier molecular flexibility index (Phi) is 4.75. The number of rotatable bonds is 7. The van der Waals surface area contributed by atoms with Gasteiger partial charge in [0, 0.05) is 0 Å². The lowest BCUT2D eigenvalue weighted by Crippen LogP contribution is -2.35. The lowest BCUT2D eigenvalue weighted by Gasteiger charge is -2.20. The van der Waals surface area contributed by atoms with Crippen LogP contribution >= 0.6 is 11.3 Å². The van der Waals surface area contributed by atoms with E-state index in [2.05, 4.69) is 5.10 Å². The van der Waals surface area contributed by atoms with E-state index in [4.69, 9.17) is 13.3 Å². The third-order valence-corrected chi connectivity index (χ3v) is 4.69. The van der Waals surface area contributed by atoms with Crippen LogP contribution in [0.2, 0.25) is 0 Å². The molecule has 0 radical (unpaired) electrons. The molecule has 0 aliphatic heterocycles. The average molecular weight is 385 g/mol. The monoisotopic (exact) mass is 385 g/mol. The van der Waals surface area contributed by atoms with Crippen molar-refractivity contribution in [3.8, 4) is 10.8 Å². The second kappa shape index (κ2) is 7.50. The van der Waals surface area contributed by atoms with Crippen molar-refractivity contribution in [3.63, 3.8) is 0 Å². The van der Waals surface area contributed by atoms with E-state index in [0.29, 0.717) is 11.5 Å². The first-order valence-electron chi connectivity index (χ1n) is 8.13. The molecule has 4 rings (SSSR count). The maximum absolute atomic E-state index is 12.8. The number of hydrogen-bond acceptors (Lipinski definition) is 7. The van der Waals surface area contributed by atoms with Gasteiger partial charge in [-0.1, -0.05) is 6.07 Å². The molecule has 0 bridgehead atoms. The van der Waals surface area contributed by atoms with Gasteiger partial charge in [-0.15, -0.1) is 16.4 Å². The normalized spacial score (nSPS) is 11.0. The van der Waals surface area contributed by atoms with Crippen LogP contribution in [0, 0.1) is 0 Å². The molecule has 4 heterocycles. The Bertz CT molecular complexity index is 1010. The zero-order valence-corrected chi connectivity index (χ0v) is 14.9. The topological polar surface area (TPSA) is 94.6 Å². The van der Waals surface area contributed by atoms with Gasteiger partial charge in [-0.25, -0.2) is 4.79 Å². The fraction of sp³-hybridized carbons (Fsp3) is 0.167. The molecular formula is C18H15N3O5S.